The molecule has 0 saturated carbocycles. The molecule has 0 aliphatic rings. The maximum atomic E-state index is 9.44. The Labute approximate surface area is 77.8 Å². The van der Waals surface area contributed by atoms with Gasteiger partial charge in [-0.15, -0.1) is 11.8 Å². The zero-order valence-corrected chi connectivity index (χ0v) is 8.27. The SMILES string of the molecule is CC(C)(O)SCc1ccccc1. The Morgan fingerprint density at radius 2 is 1.83 bits per heavy atom. The van der Waals surface area contributed by atoms with E-state index in [0.717, 1.165) is 5.75 Å². The van der Waals surface area contributed by atoms with E-state index in [2.05, 4.69) is 12.1 Å². The topological polar surface area (TPSA) is 20.2 Å². The zero-order chi connectivity index (χ0) is 9.03. The van der Waals surface area contributed by atoms with Crippen LogP contribution in [-0.4, -0.2) is 10.0 Å². The lowest BCUT2D eigenvalue weighted by atomic mass is 10.2. The largest absolute Gasteiger partial charge is 0.380 e. The molecule has 66 valence electrons. The van der Waals surface area contributed by atoms with Crippen molar-refractivity contribution >= 4 is 11.8 Å². The monoisotopic (exact) mass is 182 g/mol. The van der Waals surface area contributed by atoms with Crippen molar-refractivity contribution in [3.8, 4) is 0 Å². The standard InChI is InChI=1S/C10H14OS/c1-10(2,11)12-8-9-6-4-3-5-7-9/h3-7,11H,8H2,1-2H3. The molecule has 1 N–H and O–H groups in total. The van der Waals surface area contributed by atoms with Gasteiger partial charge in [-0.2, -0.15) is 0 Å². The van der Waals surface area contributed by atoms with Crippen LogP contribution in [0.5, 0.6) is 0 Å². The van der Waals surface area contributed by atoms with Gasteiger partial charge in [0.25, 0.3) is 0 Å². The van der Waals surface area contributed by atoms with Gasteiger partial charge in [-0.05, 0) is 19.4 Å². The summed E-state index contributed by atoms with van der Waals surface area (Å²) in [5.41, 5.74) is 1.25. The molecular formula is C10H14OS. The predicted molar refractivity (Wildman–Crippen MR) is 54.0 cm³/mol. The Kier molecular flexibility index (Phi) is 3.18. The van der Waals surface area contributed by atoms with Gasteiger partial charge in [0.15, 0.2) is 0 Å². The van der Waals surface area contributed by atoms with Crippen LogP contribution in [0.4, 0.5) is 0 Å². The summed E-state index contributed by atoms with van der Waals surface area (Å²) in [5.74, 6) is 0.865. The van der Waals surface area contributed by atoms with E-state index in [0.29, 0.717) is 0 Å². The van der Waals surface area contributed by atoms with Crippen LogP contribution in [0.1, 0.15) is 19.4 Å². The average Bonchev–Trinajstić information content (AvgIpc) is 2.02. The molecule has 1 rings (SSSR count). The number of aliphatic hydroxyl groups is 1. The Bertz CT molecular complexity index is 225. The van der Waals surface area contributed by atoms with Gasteiger partial charge in [-0.3, -0.25) is 0 Å². The third kappa shape index (κ3) is 3.79. The number of benzene rings is 1. The van der Waals surface area contributed by atoms with Crippen LogP contribution in [0.3, 0.4) is 0 Å². The van der Waals surface area contributed by atoms with Gasteiger partial charge < -0.3 is 5.11 Å². The van der Waals surface area contributed by atoms with Crippen LogP contribution in [0.15, 0.2) is 30.3 Å². The van der Waals surface area contributed by atoms with Gasteiger partial charge in [0, 0.05) is 5.75 Å². The normalized spacial score (nSPS) is 11.6. The molecule has 12 heavy (non-hydrogen) atoms. The summed E-state index contributed by atoms with van der Waals surface area (Å²) in [7, 11) is 0. The van der Waals surface area contributed by atoms with E-state index < -0.39 is 4.93 Å². The van der Waals surface area contributed by atoms with E-state index in [1.54, 1.807) is 25.6 Å². The van der Waals surface area contributed by atoms with Crippen LogP contribution in [0, 0.1) is 0 Å². The fourth-order valence-corrected chi connectivity index (χ4v) is 1.55. The van der Waals surface area contributed by atoms with Crippen molar-refractivity contribution in [3.63, 3.8) is 0 Å². The first-order valence-electron chi connectivity index (χ1n) is 3.98. The molecule has 0 aliphatic heterocycles. The van der Waals surface area contributed by atoms with Crippen molar-refractivity contribution in [3.05, 3.63) is 35.9 Å². The molecule has 0 aromatic heterocycles. The van der Waals surface area contributed by atoms with Gasteiger partial charge >= 0.3 is 0 Å². The Morgan fingerprint density at radius 1 is 1.25 bits per heavy atom. The Morgan fingerprint density at radius 3 is 2.33 bits per heavy atom. The first-order valence-corrected chi connectivity index (χ1v) is 4.97. The molecule has 0 heterocycles. The minimum Gasteiger partial charge on any atom is -0.380 e. The zero-order valence-electron chi connectivity index (χ0n) is 7.45. The van der Waals surface area contributed by atoms with Crippen molar-refractivity contribution in [2.75, 3.05) is 0 Å². The fraction of sp³-hybridized carbons (Fsp3) is 0.400. The molecule has 0 aliphatic carbocycles. The van der Waals surface area contributed by atoms with Crippen LogP contribution in [0.25, 0.3) is 0 Å². The highest BCUT2D eigenvalue weighted by Crippen LogP contribution is 2.24. The highest BCUT2D eigenvalue weighted by Gasteiger charge is 2.11. The third-order valence-corrected chi connectivity index (χ3v) is 2.62. The average molecular weight is 182 g/mol. The number of rotatable bonds is 3. The van der Waals surface area contributed by atoms with Gasteiger partial charge in [0.2, 0.25) is 0 Å². The van der Waals surface area contributed by atoms with Crippen LogP contribution >= 0.6 is 11.8 Å². The molecule has 1 nitrogen and oxygen atoms in total. The van der Waals surface area contributed by atoms with Gasteiger partial charge in [-0.1, -0.05) is 30.3 Å². The van der Waals surface area contributed by atoms with E-state index >= 15 is 0 Å². The van der Waals surface area contributed by atoms with E-state index in [1.807, 2.05) is 18.2 Å². The molecule has 0 radical (unpaired) electrons. The summed E-state index contributed by atoms with van der Waals surface area (Å²) in [4.78, 5) is -0.629. The van der Waals surface area contributed by atoms with Crippen LogP contribution in [-0.2, 0) is 5.75 Å². The smallest absolute Gasteiger partial charge is 0.105 e. The second-order valence-electron chi connectivity index (χ2n) is 3.22. The molecule has 0 saturated heterocycles. The van der Waals surface area contributed by atoms with Crippen molar-refractivity contribution in [2.45, 2.75) is 24.5 Å². The summed E-state index contributed by atoms with van der Waals surface area (Å²) in [6.07, 6.45) is 0. The molecule has 0 fully saturated rings. The summed E-state index contributed by atoms with van der Waals surface area (Å²) < 4.78 is 0. The highest BCUT2D eigenvalue weighted by atomic mass is 32.2. The van der Waals surface area contributed by atoms with Crippen molar-refractivity contribution in [1.82, 2.24) is 0 Å². The lowest BCUT2D eigenvalue weighted by Gasteiger charge is -2.15. The van der Waals surface area contributed by atoms with Gasteiger partial charge in [-0.25, -0.2) is 0 Å². The highest BCUT2D eigenvalue weighted by molar-refractivity contribution is 7.99. The molecule has 0 bridgehead atoms. The van der Waals surface area contributed by atoms with Crippen LogP contribution < -0.4 is 0 Å². The summed E-state index contributed by atoms with van der Waals surface area (Å²) in [6.45, 7) is 3.61. The minimum atomic E-state index is -0.629. The summed E-state index contributed by atoms with van der Waals surface area (Å²) >= 11 is 1.54. The number of thioether (sulfide) groups is 1. The van der Waals surface area contributed by atoms with Crippen molar-refractivity contribution in [1.29, 1.82) is 0 Å². The molecule has 1 aromatic carbocycles. The lowest BCUT2D eigenvalue weighted by Crippen LogP contribution is -2.12. The van der Waals surface area contributed by atoms with Crippen molar-refractivity contribution < 1.29 is 5.11 Å². The maximum Gasteiger partial charge on any atom is 0.105 e. The van der Waals surface area contributed by atoms with Gasteiger partial charge in [0.05, 0.1) is 0 Å². The lowest BCUT2D eigenvalue weighted by molar-refractivity contribution is 0.179. The molecule has 2 heteroatoms. The molecule has 0 amide bonds. The van der Waals surface area contributed by atoms with E-state index in [9.17, 15) is 5.11 Å². The van der Waals surface area contributed by atoms with Crippen molar-refractivity contribution in [2.24, 2.45) is 0 Å². The number of hydrogen-bond donors (Lipinski definition) is 1. The third-order valence-electron chi connectivity index (χ3n) is 1.43. The molecule has 0 atom stereocenters. The second-order valence-corrected chi connectivity index (χ2v) is 4.80. The maximum absolute atomic E-state index is 9.44. The van der Waals surface area contributed by atoms with Crippen LogP contribution in [0.2, 0.25) is 0 Å². The molecular weight excluding hydrogens is 168 g/mol. The fourth-order valence-electron chi connectivity index (χ4n) is 0.834. The predicted octanol–water partition coefficient (Wildman–Crippen LogP) is 2.65. The molecule has 0 unspecified atom stereocenters. The molecule has 1 aromatic rings. The Hall–Kier alpha value is -0.470. The first-order chi connectivity index (χ1) is 5.58. The summed E-state index contributed by atoms with van der Waals surface area (Å²) in [6, 6.07) is 10.2. The number of hydrogen-bond acceptors (Lipinski definition) is 2. The van der Waals surface area contributed by atoms with E-state index in [-0.39, 0.29) is 0 Å². The molecule has 0 spiro atoms. The van der Waals surface area contributed by atoms with Gasteiger partial charge in [0.1, 0.15) is 4.93 Å². The van der Waals surface area contributed by atoms with E-state index in [4.69, 9.17) is 0 Å². The van der Waals surface area contributed by atoms with E-state index in [1.165, 1.54) is 5.56 Å². The minimum absolute atomic E-state index is 0.629. The Balaban J connectivity index is 2.44. The first kappa shape index (κ1) is 9.62. The summed E-state index contributed by atoms with van der Waals surface area (Å²) in [5, 5.41) is 9.44. The second kappa shape index (κ2) is 3.97. The quantitative estimate of drug-likeness (QED) is 0.725.